The lowest BCUT2D eigenvalue weighted by Crippen LogP contribution is -2.05. The summed E-state index contributed by atoms with van der Waals surface area (Å²) in [6.07, 6.45) is 3.19. The van der Waals surface area contributed by atoms with E-state index in [2.05, 4.69) is 4.98 Å². The quantitative estimate of drug-likeness (QED) is 0.275. The summed E-state index contributed by atoms with van der Waals surface area (Å²) in [4.78, 5) is 17.8. The number of nitrogens with zero attached hydrogens (tertiary/aromatic N) is 1. The van der Waals surface area contributed by atoms with Crippen molar-refractivity contribution in [2.45, 2.75) is 6.92 Å². The van der Waals surface area contributed by atoms with Gasteiger partial charge in [-0.15, -0.1) is 0 Å². The summed E-state index contributed by atoms with van der Waals surface area (Å²) in [6.45, 7) is 1.84. The highest BCUT2D eigenvalue weighted by Gasteiger charge is 2.18. The van der Waals surface area contributed by atoms with E-state index in [-0.39, 0.29) is 11.6 Å². The van der Waals surface area contributed by atoms with E-state index in [1.807, 2.05) is 55.5 Å². The highest BCUT2D eigenvalue weighted by molar-refractivity contribution is 6.30. The standard InChI is InChI=1S/C25H17ClFNO/c1-16-24(23(29)15-8-17-6-13-20(27)14-7-17)25(18-9-11-19(26)12-10-18)21-4-2-3-5-22(21)28-16/h2-15H,1H3. The van der Waals surface area contributed by atoms with Crippen LogP contribution in [0.25, 0.3) is 28.1 Å². The fourth-order valence-corrected chi connectivity index (χ4v) is 3.51. The summed E-state index contributed by atoms with van der Waals surface area (Å²) < 4.78 is 13.1. The van der Waals surface area contributed by atoms with Gasteiger partial charge in [-0.3, -0.25) is 9.78 Å². The predicted octanol–water partition coefficient (Wildman–Crippen LogP) is 6.90. The first-order valence-corrected chi connectivity index (χ1v) is 9.54. The molecule has 2 nitrogen and oxygen atoms in total. The summed E-state index contributed by atoms with van der Waals surface area (Å²) >= 11 is 6.06. The van der Waals surface area contributed by atoms with Crippen LogP contribution in [0.1, 0.15) is 21.6 Å². The maximum absolute atomic E-state index is 13.2. The number of aryl methyl sites for hydroxylation is 1. The topological polar surface area (TPSA) is 30.0 Å². The Kier molecular flexibility index (Phi) is 5.24. The average Bonchev–Trinajstić information content (AvgIpc) is 2.73. The van der Waals surface area contributed by atoms with Gasteiger partial charge in [0.1, 0.15) is 5.82 Å². The van der Waals surface area contributed by atoms with Gasteiger partial charge in [0.2, 0.25) is 0 Å². The average molecular weight is 402 g/mol. The number of rotatable bonds is 4. The molecule has 0 N–H and O–H groups in total. The molecule has 3 aromatic carbocycles. The monoisotopic (exact) mass is 401 g/mol. The van der Waals surface area contributed by atoms with Crippen LogP contribution in [0.15, 0.2) is 78.9 Å². The lowest BCUT2D eigenvalue weighted by Gasteiger charge is -2.14. The van der Waals surface area contributed by atoms with Gasteiger partial charge >= 0.3 is 0 Å². The van der Waals surface area contributed by atoms with E-state index in [9.17, 15) is 9.18 Å². The van der Waals surface area contributed by atoms with Gasteiger partial charge < -0.3 is 0 Å². The fourth-order valence-electron chi connectivity index (χ4n) is 3.38. The van der Waals surface area contributed by atoms with Crippen molar-refractivity contribution in [2.75, 3.05) is 0 Å². The molecule has 4 rings (SSSR count). The van der Waals surface area contributed by atoms with E-state index in [0.29, 0.717) is 16.3 Å². The number of carbonyl (C=O) groups excluding carboxylic acids is 1. The number of para-hydroxylation sites is 1. The number of hydrogen-bond donors (Lipinski definition) is 0. The molecule has 0 fully saturated rings. The van der Waals surface area contributed by atoms with Crippen LogP contribution in [0.2, 0.25) is 5.02 Å². The first-order valence-electron chi connectivity index (χ1n) is 9.16. The highest BCUT2D eigenvalue weighted by atomic mass is 35.5. The zero-order chi connectivity index (χ0) is 20.4. The fraction of sp³-hybridized carbons (Fsp3) is 0.0400. The number of hydrogen-bond acceptors (Lipinski definition) is 2. The van der Waals surface area contributed by atoms with Crippen LogP contribution in [0.3, 0.4) is 0 Å². The van der Waals surface area contributed by atoms with Crippen molar-refractivity contribution in [3.05, 3.63) is 107 Å². The first kappa shape index (κ1) is 19.0. The van der Waals surface area contributed by atoms with Crippen molar-refractivity contribution in [3.8, 4) is 11.1 Å². The van der Waals surface area contributed by atoms with E-state index in [1.165, 1.54) is 18.2 Å². The molecular formula is C25H17ClFNO. The summed E-state index contributed by atoms with van der Waals surface area (Å²) in [6, 6.07) is 21.2. The number of ketones is 1. The molecule has 29 heavy (non-hydrogen) atoms. The van der Waals surface area contributed by atoms with Crippen LogP contribution in [-0.4, -0.2) is 10.8 Å². The van der Waals surface area contributed by atoms with Gasteiger partial charge in [-0.25, -0.2) is 4.39 Å². The van der Waals surface area contributed by atoms with E-state index in [1.54, 1.807) is 18.2 Å². The molecule has 0 bridgehead atoms. The predicted molar refractivity (Wildman–Crippen MR) is 117 cm³/mol. The molecule has 0 saturated heterocycles. The normalized spacial score (nSPS) is 11.3. The van der Waals surface area contributed by atoms with Crippen LogP contribution in [0.5, 0.6) is 0 Å². The molecule has 0 atom stereocenters. The van der Waals surface area contributed by atoms with Crippen molar-refractivity contribution < 1.29 is 9.18 Å². The maximum Gasteiger partial charge on any atom is 0.188 e. The molecule has 0 unspecified atom stereocenters. The molecular weight excluding hydrogens is 385 g/mol. The van der Waals surface area contributed by atoms with Gasteiger partial charge in [0.25, 0.3) is 0 Å². The number of carbonyl (C=O) groups is 1. The van der Waals surface area contributed by atoms with Crippen LogP contribution >= 0.6 is 11.6 Å². The van der Waals surface area contributed by atoms with Gasteiger partial charge in [0.05, 0.1) is 11.1 Å². The highest BCUT2D eigenvalue weighted by Crippen LogP contribution is 2.34. The van der Waals surface area contributed by atoms with Crippen molar-refractivity contribution in [1.82, 2.24) is 4.98 Å². The minimum atomic E-state index is -0.312. The Bertz CT molecular complexity index is 1230. The van der Waals surface area contributed by atoms with Crippen LogP contribution in [0, 0.1) is 12.7 Å². The Labute approximate surface area is 173 Å². The first-order chi connectivity index (χ1) is 14.0. The molecule has 0 aliphatic rings. The molecule has 1 aromatic heterocycles. The van der Waals surface area contributed by atoms with Gasteiger partial charge in [0.15, 0.2) is 5.78 Å². The Balaban J connectivity index is 1.87. The molecule has 0 aliphatic carbocycles. The summed E-state index contributed by atoms with van der Waals surface area (Å²) in [7, 11) is 0. The molecule has 4 aromatic rings. The number of pyridine rings is 1. The second-order valence-corrected chi connectivity index (χ2v) is 7.16. The number of benzene rings is 3. The van der Waals surface area contributed by atoms with E-state index < -0.39 is 0 Å². The van der Waals surface area contributed by atoms with Crippen LogP contribution in [0.4, 0.5) is 4.39 Å². The number of fused-ring (bicyclic) bond motifs is 1. The third-order valence-corrected chi connectivity index (χ3v) is 5.00. The molecule has 1 heterocycles. The Morgan fingerprint density at radius 2 is 1.66 bits per heavy atom. The second kappa shape index (κ2) is 7.98. The van der Waals surface area contributed by atoms with E-state index in [0.717, 1.165) is 27.6 Å². The van der Waals surface area contributed by atoms with Crippen LogP contribution < -0.4 is 0 Å². The van der Waals surface area contributed by atoms with Gasteiger partial charge in [-0.2, -0.15) is 0 Å². The molecule has 0 aliphatic heterocycles. The molecule has 0 radical (unpaired) electrons. The molecule has 4 heteroatoms. The molecule has 0 amide bonds. The van der Waals surface area contributed by atoms with Crippen LogP contribution in [-0.2, 0) is 0 Å². The zero-order valence-electron chi connectivity index (χ0n) is 15.7. The van der Waals surface area contributed by atoms with Crippen molar-refractivity contribution in [1.29, 1.82) is 0 Å². The third-order valence-electron chi connectivity index (χ3n) is 4.75. The van der Waals surface area contributed by atoms with Crippen molar-refractivity contribution in [3.63, 3.8) is 0 Å². The van der Waals surface area contributed by atoms with E-state index in [4.69, 9.17) is 11.6 Å². The lowest BCUT2D eigenvalue weighted by atomic mass is 9.92. The second-order valence-electron chi connectivity index (χ2n) is 6.72. The van der Waals surface area contributed by atoms with E-state index >= 15 is 0 Å². The smallest absolute Gasteiger partial charge is 0.188 e. The minimum Gasteiger partial charge on any atom is -0.289 e. The van der Waals surface area contributed by atoms with Gasteiger partial charge in [-0.1, -0.05) is 60.1 Å². The molecule has 0 saturated carbocycles. The Hall–Kier alpha value is -3.30. The summed E-state index contributed by atoms with van der Waals surface area (Å²) in [5.74, 6) is -0.469. The van der Waals surface area contributed by atoms with Crippen molar-refractivity contribution in [2.24, 2.45) is 0 Å². The molecule has 0 spiro atoms. The Morgan fingerprint density at radius 3 is 2.38 bits per heavy atom. The SMILES string of the molecule is Cc1nc2ccccc2c(-c2ccc(Cl)cc2)c1C(=O)C=Cc1ccc(F)cc1. The zero-order valence-corrected chi connectivity index (χ0v) is 16.5. The minimum absolute atomic E-state index is 0.157. The summed E-state index contributed by atoms with van der Waals surface area (Å²) in [5.41, 5.74) is 4.51. The number of allylic oxidation sites excluding steroid dienone is 1. The van der Waals surface area contributed by atoms with Crippen molar-refractivity contribution >= 4 is 34.4 Å². The van der Waals surface area contributed by atoms with Gasteiger partial charge in [-0.05, 0) is 54.5 Å². The number of halogens is 2. The Morgan fingerprint density at radius 1 is 0.966 bits per heavy atom. The maximum atomic E-state index is 13.2. The number of aromatic nitrogens is 1. The lowest BCUT2D eigenvalue weighted by molar-refractivity contribution is 0.104. The third kappa shape index (κ3) is 3.96. The van der Waals surface area contributed by atoms with Gasteiger partial charge in [0, 0.05) is 21.7 Å². The summed E-state index contributed by atoms with van der Waals surface area (Å²) in [5, 5.41) is 1.53. The largest absolute Gasteiger partial charge is 0.289 e. The molecule has 142 valence electrons.